The average Bonchev–Trinajstić information content (AvgIpc) is 3.69. The maximum atomic E-state index is 13.2. The Hall–Kier alpha value is -5.67. The number of nitrogens with one attached hydrogen (secondary N) is 1. The Labute approximate surface area is 376 Å². The van der Waals surface area contributed by atoms with Crippen LogP contribution in [0, 0.1) is 11.6 Å². The zero-order valence-electron chi connectivity index (χ0n) is 35.1. The van der Waals surface area contributed by atoms with Crippen LogP contribution in [0.4, 0.5) is 25.0 Å². The van der Waals surface area contributed by atoms with Crippen molar-refractivity contribution in [1.82, 2.24) is 19.6 Å². The number of nitrogens with two attached hydrogens (primary N) is 2. The molecule has 0 radical (unpaired) electrons. The maximum absolute atomic E-state index is 13.2. The van der Waals surface area contributed by atoms with E-state index in [1.165, 1.54) is 43.5 Å². The van der Waals surface area contributed by atoms with Crippen LogP contribution in [0.5, 0.6) is 11.5 Å². The topological polar surface area (TPSA) is 147 Å². The van der Waals surface area contributed by atoms with E-state index in [0.29, 0.717) is 44.0 Å². The second-order valence-corrected chi connectivity index (χ2v) is 17.1. The van der Waals surface area contributed by atoms with E-state index < -0.39 is 6.03 Å². The second kappa shape index (κ2) is 20.2. The van der Waals surface area contributed by atoms with E-state index in [4.69, 9.17) is 44.1 Å². The Morgan fingerprint density at radius 1 is 0.667 bits per heavy atom. The van der Waals surface area contributed by atoms with Crippen LogP contribution in [0.2, 0.25) is 10.0 Å². The van der Waals surface area contributed by atoms with Gasteiger partial charge in [0, 0.05) is 92.4 Å². The van der Waals surface area contributed by atoms with Crippen molar-refractivity contribution in [1.29, 1.82) is 0 Å². The molecule has 332 valence electrons. The molecule has 0 saturated carbocycles. The van der Waals surface area contributed by atoms with E-state index in [0.717, 1.165) is 76.1 Å². The van der Waals surface area contributed by atoms with Gasteiger partial charge in [-0.1, -0.05) is 47.5 Å². The molecule has 63 heavy (non-hydrogen) atoms. The number of urea groups is 1. The highest BCUT2D eigenvalue weighted by molar-refractivity contribution is 6.32. The molecule has 4 aliphatic rings. The number of hydrogen-bond donors (Lipinski definition) is 3. The fourth-order valence-electron chi connectivity index (χ4n) is 9.14. The predicted molar refractivity (Wildman–Crippen MR) is 242 cm³/mol. The number of nitrogen functional groups attached to an aromatic ring is 1. The summed E-state index contributed by atoms with van der Waals surface area (Å²) in [6.45, 7) is 4.70. The first-order valence-corrected chi connectivity index (χ1v) is 21.6. The summed E-state index contributed by atoms with van der Waals surface area (Å²) in [6, 6.07) is 19.6. The first-order valence-electron chi connectivity index (χ1n) is 20.8. The SMILES string of the molecule is COc1cc(/C=C/C(=O)N2C3CCC2CN(Cc2ccc(F)cc2)C3)c(N)cc1Cl.COc1cc(/C=C/C(=O)N2C3CCC2CN(Cc2ccc(F)cc2)C3)c(NC(N)=O)cc1Cl. The predicted octanol–water partition coefficient (Wildman–Crippen LogP) is 7.83. The standard InChI is InChI=1S/C24H26ClFN4O3.C23H25ClFN3O2/c1-33-22-10-16(21(11-20(22)25)28-24(27)32)4-9-23(31)30-18-7-8-19(30)14-29(13-18)12-15-2-5-17(26)6-3-15;1-30-22-10-16(21(26)11-20(22)24)4-9-23(29)28-18-7-8-19(28)14-27(13-18)12-15-2-5-17(25)6-3-15/h2-6,9-11,18-19H,7-8,12-14H2,1H3,(H3,27,28,32);2-6,9-11,18-19H,7-8,12-14,26H2,1H3/b2*9-4+. The Balaban J connectivity index is 0.000000190. The van der Waals surface area contributed by atoms with Gasteiger partial charge in [-0.2, -0.15) is 0 Å². The number of fused-ring (bicyclic) bond motifs is 4. The number of halogens is 4. The lowest BCUT2D eigenvalue weighted by atomic mass is 10.1. The smallest absolute Gasteiger partial charge is 0.316 e. The third-order valence-corrected chi connectivity index (χ3v) is 12.6. The lowest BCUT2D eigenvalue weighted by Gasteiger charge is -2.40. The van der Waals surface area contributed by atoms with Gasteiger partial charge in [0.25, 0.3) is 0 Å². The third kappa shape index (κ3) is 11.1. The summed E-state index contributed by atoms with van der Waals surface area (Å²) in [7, 11) is 3.03. The van der Waals surface area contributed by atoms with Crippen molar-refractivity contribution in [3.63, 3.8) is 0 Å². The summed E-state index contributed by atoms with van der Waals surface area (Å²) in [4.78, 5) is 46.0. The number of nitrogens with zero attached hydrogens (tertiary/aromatic N) is 4. The summed E-state index contributed by atoms with van der Waals surface area (Å²) < 4.78 is 36.8. The minimum absolute atomic E-state index is 0.00255. The Morgan fingerprint density at radius 3 is 1.48 bits per heavy atom. The monoisotopic (exact) mass is 901 g/mol. The zero-order valence-corrected chi connectivity index (χ0v) is 36.6. The van der Waals surface area contributed by atoms with Crippen LogP contribution >= 0.6 is 23.2 Å². The number of carbonyl (C=O) groups excluding carboxylic acids is 3. The number of carbonyl (C=O) groups is 3. The molecule has 4 aliphatic heterocycles. The van der Waals surface area contributed by atoms with Crippen molar-refractivity contribution in [2.24, 2.45) is 5.73 Å². The fourth-order valence-corrected chi connectivity index (χ4v) is 9.63. The highest BCUT2D eigenvalue weighted by Crippen LogP contribution is 2.35. The van der Waals surface area contributed by atoms with Crippen LogP contribution in [0.3, 0.4) is 0 Å². The molecule has 4 bridgehead atoms. The van der Waals surface area contributed by atoms with Crippen LogP contribution in [-0.2, 0) is 22.7 Å². The van der Waals surface area contributed by atoms with E-state index >= 15 is 0 Å². The first-order chi connectivity index (χ1) is 30.3. The van der Waals surface area contributed by atoms with Crippen LogP contribution in [0.15, 0.2) is 84.9 Å². The molecule has 4 amide bonds. The van der Waals surface area contributed by atoms with Crippen LogP contribution in [0.25, 0.3) is 12.2 Å². The largest absolute Gasteiger partial charge is 0.495 e. The Morgan fingerprint density at radius 2 is 1.06 bits per heavy atom. The zero-order chi connectivity index (χ0) is 44.8. The van der Waals surface area contributed by atoms with Gasteiger partial charge in [-0.05, 0) is 97.5 Å². The van der Waals surface area contributed by atoms with Gasteiger partial charge in [-0.25, -0.2) is 13.6 Å². The van der Waals surface area contributed by atoms with Gasteiger partial charge in [0.05, 0.1) is 30.0 Å². The van der Waals surface area contributed by atoms with Crippen LogP contribution in [-0.4, -0.2) is 102 Å². The molecule has 4 fully saturated rings. The number of methoxy groups -OCH3 is 2. The average molecular weight is 903 g/mol. The number of rotatable bonds is 11. The van der Waals surface area contributed by atoms with E-state index in [-0.39, 0.29) is 47.6 Å². The molecule has 4 atom stereocenters. The molecule has 8 rings (SSSR count). The minimum atomic E-state index is -0.729. The van der Waals surface area contributed by atoms with Gasteiger partial charge in [0.15, 0.2) is 0 Å². The molecular formula is C47H51Cl2F2N7O5. The van der Waals surface area contributed by atoms with Crippen molar-refractivity contribution in [2.75, 3.05) is 51.4 Å². The lowest BCUT2D eigenvalue weighted by Crippen LogP contribution is -2.55. The van der Waals surface area contributed by atoms with E-state index in [1.54, 1.807) is 55.7 Å². The Kier molecular flexibility index (Phi) is 14.6. The molecule has 4 aromatic rings. The first kappa shape index (κ1) is 45.4. The molecule has 4 heterocycles. The number of amides is 4. The highest BCUT2D eigenvalue weighted by atomic mass is 35.5. The molecule has 4 saturated heterocycles. The summed E-state index contributed by atoms with van der Waals surface area (Å²) in [6.07, 6.45) is 10.4. The number of anilines is 2. The molecule has 4 unspecified atom stereocenters. The van der Waals surface area contributed by atoms with Crippen molar-refractivity contribution in [2.45, 2.75) is 62.9 Å². The minimum Gasteiger partial charge on any atom is -0.495 e. The molecular weight excluding hydrogens is 851 g/mol. The number of piperazine rings is 2. The van der Waals surface area contributed by atoms with Crippen molar-refractivity contribution in [3.8, 4) is 11.5 Å². The summed E-state index contributed by atoms with van der Waals surface area (Å²) in [5.41, 5.74) is 15.6. The summed E-state index contributed by atoms with van der Waals surface area (Å²) in [5, 5.41) is 3.28. The molecule has 16 heteroatoms. The van der Waals surface area contributed by atoms with Gasteiger partial charge in [-0.3, -0.25) is 19.4 Å². The maximum Gasteiger partial charge on any atom is 0.316 e. The molecule has 0 spiro atoms. The van der Waals surface area contributed by atoms with Gasteiger partial charge in [-0.15, -0.1) is 0 Å². The number of hydrogen-bond acceptors (Lipinski definition) is 8. The van der Waals surface area contributed by atoms with Crippen molar-refractivity contribution < 1.29 is 32.6 Å². The Bertz CT molecular complexity index is 2340. The fraction of sp³-hybridized carbons (Fsp3) is 0.340. The molecule has 12 nitrogen and oxygen atoms in total. The van der Waals surface area contributed by atoms with Gasteiger partial charge in [0.2, 0.25) is 11.8 Å². The van der Waals surface area contributed by atoms with Crippen molar-refractivity contribution in [3.05, 3.63) is 129 Å². The van der Waals surface area contributed by atoms with E-state index in [9.17, 15) is 23.2 Å². The number of primary amides is 1. The van der Waals surface area contributed by atoms with Gasteiger partial charge >= 0.3 is 6.03 Å². The number of likely N-dealkylation sites (tertiary alicyclic amines) is 2. The molecule has 4 aromatic carbocycles. The third-order valence-electron chi connectivity index (χ3n) is 12.0. The highest BCUT2D eigenvalue weighted by Gasteiger charge is 2.43. The summed E-state index contributed by atoms with van der Waals surface area (Å²) >= 11 is 12.2. The number of benzene rings is 4. The van der Waals surface area contributed by atoms with Crippen LogP contribution in [0.1, 0.15) is 47.9 Å². The summed E-state index contributed by atoms with van der Waals surface area (Å²) in [5.74, 6) is 0.398. The molecule has 0 aromatic heterocycles. The quantitative estimate of drug-likeness (QED) is 0.102. The van der Waals surface area contributed by atoms with E-state index in [2.05, 4.69) is 15.1 Å². The van der Waals surface area contributed by atoms with Gasteiger partial charge < -0.3 is 36.1 Å². The van der Waals surface area contributed by atoms with Crippen molar-refractivity contribution >= 4 is 64.6 Å². The lowest BCUT2D eigenvalue weighted by molar-refractivity contribution is -0.132. The molecule has 0 aliphatic carbocycles. The molecule has 5 N–H and O–H groups in total. The normalized spacial score (nSPS) is 20.8. The van der Waals surface area contributed by atoms with Crippen LogP contribution < -0.4 is 26.3 Å². The second-order valence-electron chi connectivity index (χ2n) is 16.2. The number of ether oxygens (including phenoxy) is 2. The van der Waals surface area contributed by atoms with E-state index in [1.807, 2.05) is 21.9 Å². The van der Waals surface area contributed by atoms with Gasteiger partial charge in [0.1, 0.15) is 23.1 Å².